The van der Waals surface area contributed by atoms with Gasteiger partial charge in [0.25, 0.3) is 5.69 Å². The molecule has 2 rings (SSSR count). The monoisotopic (exact) mass is 367 g/mol. The van der Waals surface area contributed by atoms with Crippen LogP contribution in [0.15, 0.2) is 42.5 Å². The summed E-state index contributed by atoms with van der Waals surface area (Å²) in [6, 6.07) is 11.2. The lowest BCUT2D eigenvalue weighted by Gasteiger charge is -2.14. The molecule has 0 fully saturated rings. The number of nitrogens with zero attached hydrogens (tertiary/aromatic N) is 1. The number of non-ortho nitro benzene ring substituents is 1. The number of hydrogen-bond acceptors (Lipinski definition) is 4. The van der Waals surface area contributed by atoms with Crippen molar-refractivity contribution in [1.29, 1.82) is 0 Å². The van der Waals surface area contributed by atoms with Gasteiger partial charge in [0.05, 0.1) is 22.2 Å². The summed E-state index contributed by atoms with van der Waals surface area (Å²) >= 11 is 11.9. The Balaban J connectivity index is 1.93. The van der Waals surface area contributed by atoms with Crippen molar-refractivity contribution in [3.05, 3.63) is 68.2 Å². The van der Waals surface area contributed by atoms with Crippen molar-refractivity contribution >= 4 is 40.5 Å². The summed E-state index contributed by atoms with van der Waals surface area (Å²) in [6.07, 6.45) is 0. The lowest BCUT2D eigenvalue weighted by Crippen LogP contribution is -2.30. The Labute approximate surface area is 148 Å². The third kappa shape index (κ3) is 4.92. The second-order valence-electron chi connectivity index (χ2n) is 5.13. The Morgan fingerprint density at radius 2 is 2.00 bits per heavy atom. The standard InChI is InChI=1S/C16H15Cl2N3O3/c1-10(11-3-2-4-12(17)7-11)19-9-16(22)20-15-6-5-13(21(23)24)8-14(15)18/h2-8,10,19H,9H2,1H3,(H,20,22)/t10-/m0/s1. The molecule has 0 saturated heterocycles. The Kier molecular flexibility index (Phi) is 6.14. The number of halogens is 2. The van der Waals surface area contributed by atoms with Crippen molar-refractivity contribution in [2.24, 2.45) is 0 Å². The third-order valence-electron chi connectivity index (χ3n) is 3.36. The summed E-state index contributed by atoms with van der Waals surface area (Å²) < 4.78 is 0. The molecule has 2 aromatic rings. The Morgan fingerprint density at radius 3 is 2.62 bits per heavy atom. The summed E-state index contributed by atoms with van der Waals surface area (Å²) in [5, 5.41) is 17.1. The van der Waals surface area contributed by atoms with Crippen molar-refractivity contribution in [2.75, 3.05) is 11.9 Å². The number of nitro groups is 1. The number of rotatable bonds is 6. The maximum absolute atomic E-state index is 12.0. The van der Waals surface area contributed by atoms with Crippen LogP contribution in [0.25, 0.3) is 0 Å². The number of amides is 1. The van der Waals surface area contributed by atoms with Gasteiger partial charge >= 0.3 is 0 Å². The lowest BCUT2D eigenvalue weighted by atomic mass is 10.1. The minimum atomic E-state index is -0.550. The Bertz CT molecular complexity index is 768. The van der Waals surface area contributed by atoms with Gasteiger partial charge in [-0.1, -0.05) is 35.3 Å². The normalized spacial score (nSPS) is 11.8. The predicted octanol–water partition coefficient (Wildman–Crippen LogP) is 4.19. The summed E-state index contributed by atoms with van der Waals surface area (Å²) in [7, 11) is 0. The summed E-state index contributed by atoms with van der Waals surface area (Å²) in [5.41, 5.74) is 1.15. The van der Waals surface area contributed by atoms with Crippen molar-refractivity contribution < 1.29 is 9.72 Å². The maximum atomic E-state index is 12.0. The van der Waals surface area contributed by atoms with Gasteiger partial charge in [0.2, 0.25) is 5.91 Å². The molecule has 2 aromatic carbocycles. The molecule has 1 atom stereocenters. The highest BCUT2D eigenvalue weighted by Gasteiger charge is 2.12. The molecule has 2 N–H and O–H groups in total. The van der Waals surface area contributed by atoms with Gasteiger partial charge in [0.1, 0.15) is 0 Å². The number of hydrogen-bond donors (Lipinski definition) is 2. The zero-order valence-corrected chi connectivity index (χ0v) is 14.3. The first-order valence-electron chi connectivity index (χ1n) is 7.09. The molecule has 8 heteroatoms. The largest absolute Gasteiger partial charge is 0.324 e. The van der Waals surface area contributed by atoms with E-state index in [-0.39, 0.29) is 29.2 Å². The van der Waals surface area contributed by atoms with Crippen molar-refractivity contribution in [2.45, 2.75) is 13.0 Å². The van der Waals surface area contributed by atoms with Gasteiger partial charge in [-0.05, 0) is 30.7 Å². The molecule has 24 heavy (non-hydrogen) atoms. The van der Waals surface area contributed by atoms with E-state index in [1.165, 1.54) is 18.2 Å². The van der Waals surface area contributed by atoms with Crippen LogP contribution in [-0.2, 0) is 4.79 Å². The molecule has 0 aromatic heterocycles. The van der Waals surface area contributed by atoms with E-state index in [1.807, 2.05) is 25.1 Å². The van der Waals surface area contributed by atoms with Crippen LogP contribution in [0.5, 0.6) is 0 Å². The van der Waals surface area contributed by atoms with Gasteiger partial charge < -0.3 is 10.6 Å². The van der Waals surface area contributed by atoms with Gasteiger partial charge in [-0.15, -0.1) is 0 Å². The van der Waals surface area contributed by atoms with Gasteiger partial charge in [-0.2, -0.15) is 0 Å². The van der Waals surface area contributed by atoms with E-state index in [2.05, 4.69) is 10.6 Å². The molecule has 0 aliphatic rings. The van der Waals surface area contributed by atoms with Crippen LogP contribution in [0.2, 0.25) is 10.0 Å². The zero-order valence-electron chi connectivity index (χ0n) is 12.8. The molecule has 0 heterocycles. The first kappa shape index (κ1) is 18.2. The highest BCUT2D eigenvalue weighted by Crippen LogP contribution is 2.26. The smallest absolute Gasteiger partial charge is 0.271 e. The van der Waals surface area contributed by atoms with E-state index in [4.69, 9.17) is 23.2 Å². The molecule has 0 radical (unpaired) electrons. The molecule has 0 unspecified atom stereocenters. The summed E-state index contributed by atoms with van der Waals surface area (Å²) in [5.74, 6) is -0.306. The predicted molar refractivity (Wildman–Crippen MR) is 94.6 cm³/mol. The van der Waals surface area contributed by atoms with Gasteiger partial charge in [-0.25, -0.2) is 0 Å². The number of carbonyl (C=O) groups is 1. The van der Waals surface area contributed by atoms with E-state index < -0.39 is 4.92 Å². The molecule has 6 nitrogen and oxygen atoms in total. The van der Waals surface area contributed by atoms with E-state index in [9.17, 15) is 14.9 Å². The van der Waals surface area contributed by atoms with E-state index >= 15 is 0 Å². The topological polar surface area (TPSA) is 84.3 Å². The average Bonchev–Trinajstić information content (AvgIpc) is 2.54. The van der Waals surface area contributed by atoms with Crippen LogP contribution >= 0.6 is 23.2 Å². The fourth-order valence-corrected chi connectivity index (χ4v) is 2.47. The number of nitro benzene ring substituents is 1. The zero-order chi connectivity index (χ0) is 17.7. The fourth-order valence-electron chi connectivity index (χ4n) is 2.05. The third-order valence-corrected chi connectivity index (χ3v) is 3.90. The second-order valence-corrected chi connectivity index (χ2v) is 5.97. The SMILES string of the molecule is C[C@H](NCC(=O)Nc1ccc([N+](=O)[O-])cc1Cl)c1cccc(Cl)c1. The molecule has 0 bridgehead atoms. The molecule has 0 aliphatic carbocycles. The van der Waals surface area contributed by atoms with Gasteiger partial charge in [0.15, 0.2) is 0 Å². The van der Waals surface area contributed by atoms with Crippen molar-refractivity contribution in [1.82, 2.24) is 5.32 Å². The van der Waals surface area contributed by atoms with E-state index in [0.717, 1.165) is 5.56 Å². The molecule has 126 valence electrons. The quantitative estimate of drug-likeness (QED) is 0.592. The van der Waals surface area contributed by atoms with Gasteiger partial charge in [0, 0.05) is 23.2 Å². The minimum absolute atomic E-state index is 0.0565. The van der Waals surface area contributed by atoms with E-state index in [0.29, 0.717) is 10.7 Å². The van der Waals surface area contributed by atoms with E-state index in [1.54, 1.807) is 6.07 Å². The van der Waals surface area contributed by atoms with Crippen LogP contribution in [-0.4, -0.2) is 17.4 Å². The minimum Gasteiger partial charge on any atom is -0.324 e. The van der Waals surface area contributed by atoms with Crippen molar-refractivity contribution in [3.8, 4) is 0 Å². The van der Waals surface area contributed by atoms with Crippen LogP contribution in [0.3, 0.4) is 0 Å². The second kappa shape index (κ2) is 8.10. The molecular formula is C16H15Cl2N3O3. The lowest BCUT2D eigenvalue weighted by molar-refractivity contribution is -0.384. The maximum Gasteiger partial charge on any atom is 0.271 e. The number of anilines is 1. The molecule has 0 aliphatic heterocycles. The summed E-state index contributed by atoms with van der Waals surface area (Å²) in [4.78, 5) is 22.1. The molecule has 1 amide bonds. The summed E-state index contributed by atoms with van der Waals surface area (Å²) in [6.45, 7) is 1.97. The number of benzene rings is 2. The highest BCUT2D eigenvalue weighted by atomic mass is 35.5. The average molecular weight is 368 g/mol. The Hall–Kier alpha value is -2.15. The first-order valence-corrected chi connectivity index (χ1v) is 7.85. The fraction of sp³-hybridized carbons (Fsp3) is 0.188. The van der Waals surface area contributed by atoms with Crippen LogP contribution in [0, 0.1) is 10.1 Å². The Morgan fingerprint density at radius 1 is 1.25 bits per heavy atom. The van der Waals surface area contributed by atoms with Crippen LogP contribution in [0.1, 0.15) is 18.5 Å². The number of nitrogens with one attached hydrogen (secondary N) is 2. The molecule has 0 saturated carbocycles. The number of carbonyl (C=O) groups excluding carboxylic acids is 1. The first-order chi connectivity index (χ1) is 11.4. The van der Waals surface area contributed by atoms with Crippen molar-refractivity contribution in [3.63, 3.8) is 0 Å². The van der Waals surface area contributed by atoms with Crippen LogP contribution in [0.4, 0.5) is 11.4 Å². The van der Waals surface area contributed by atoms with Crippen LogP contribution < -0.4 is 10.6 Å². The van der Waals surface area contributed by atoms with Gasteiger partial charge in [-0.3, -0.25) is 14.9 Å². The highest BCUT2D eigenvalue weighted by molar-refractivity contribution is 6.34. The molecular weight excluding hydrogens is 353 g/mol. The molecule has 0 spiro atoms.